The Morgan fingerprint density at radius 3 is 2.69 bits per heavy atom. The zero-order valence-corrected chi connectivity index (χ0v) is 17.4. The monoisotopic (exact) mass is 401 g/mol. The molecule has 5 heteroatoms. The fraction of sp³-hybridized carbons (Fsp3) is 0.542. The van der Waals surface area contributed by atoms with E-state index in [9.17, 15) is 15.0 Å². The van der Waals surface area contributed by atoms with Crippen molar-refractivity contribution in [3.8, 4) is 0 Å². The van der Waals surface area contributed by atoms with Gasteiger partial charge in [-0.15, -0.1) is 0 Å². The number of nitrogens with two attached hydrogens (primary N) is 1. The van der Waals surface area contributed by atoms with E-state index in [4.69, 9.17) is 10.5 Å². The number of hydrogen-bond acceptors (Lipinski definition) is 4. The quantitative estimate of drug-likeness (QED) is 0.283. The van der Waals surface area contributed by atoms with Crippen LogP contribution >= 0.6 is 0 Å². The van der Waals surface area contributed by atoms with Crippen molar-refractivity contribution in [2.75, 3.05) is 7.11 Å². The molecule has 160 valence electrons. The lowest BCUT2D eigenvalue weighted by molar-refractivity contribution is -0.118. The average Bonchev–Trinajstić information content (AvgIpc) is 3.00. The summed E-state index contributed by atoms with van der Waals surface area (Å²) < 4.78 is 5.59. The Bertz CT molecular complexity index is 685. The van der Waals surface area contributed by atoms with E-state index in [1.54, 1.807) is 7.11 Å². The number of aliphatic hydroxyl groups is 2. The summed E-state index contributed by atoms with van der Waals surface area (Å²) in [6.45, 7) is 0. The molecular weight excluding hydrogens is 366 g/mol. The summed E-state index contributed by atoms with van der Waals surface area (Å²) in [5.41, 5.74) is 5.43. The number of methoxy groups -OCH3 is 1. The highest BCUT2D eigenvalue weighted by Gasteiger charge is 2.48. The number of allylic oxidation sites excluding steroid dienone is 2. The third-order valence-corrected chi connectivity index (χ3v) is 5.67. The number of rotatable bonds is 12. The highest BCUT2D eigenvalue weighted by molar-refractivity contribution is 5.73. The molecular formula is C24H35NO4. The molecule has 1 aliphatic carbocycles. The van der Waals surface area contributed by atoms with Crippen molar-refractivity contribution in [1.29, 1.82) is 0 Å². The third kappa shape index (κ3) is 7.33. The molecule has 0 heterocycles. The highest BCUT2D eigenvalue weighted by Crippen LogP contribution is 2.43. The fourth-order valence-corrected chi connectivity index (χ4v) is 4.09. The molecule has 1 unspecified atom stereocenters. The first-order valence-electron chi connectivity index (χ1n) is 10.6. The normalized spacial score (nSPS) is 24.9. The van der Waals surface area contributed by atoms with Gasteiger partial charge in [0.05, 0.1) is 24.7 Å². The molecule has 1 fully saturated rings. The maximum absolute atomic E-state index is 11.2. The van der Waals surface area contributed by atoms with Gasteiger partial charge < -0.3 is 20.7 Å². The van der Waals surface area contributed by atoms with Crippen LogP contribution < -0.4 is 5.73 Å². The summed E-state index contributed by atoms with van der Waals surface area (Å²) in [6, 6.07) is 10.3. The van der Waals surface area contributed by atoms with E-state index in [2.05, 4.69) is 12.1 Å². The molecule has 0 radical (unpaired) electrons. The molecule has 1 aromatic rings. The molecule has 0 aliphatic heterocycles. The molecule has 29 heavy (non-hydrogen) atoms. The van der Waals surface area contributed by atoms with Crippen LogP contribution in [0.3, 0.4) is 0 Å². The van der Waals surface area contributed by atoms with Gasteiger partial charge in [0.25, 0.3) is 0 Å². The van der Waals surface area contributed by atoms with Gasteiger partial charge >= 0.3 is 0 Å². The standard InChI is InChI=1S/C24H35NO4/c1-29-21(14-9-8-13-19-11-5-4-6-12-19)23-20(26)16-18-24(23,28)17-10-3-2-7-15-22(25)27/h3-6,10-12,14,20,23,26,28H,2,7-9,13,15-18H2,1H3,(H2,25,27)/t20-,23-,24?/m0/s1. The van der Waals surface area contributed by atoms with Crippen molar-refractivity contribution in [3.63, 3.8) is 0 Å². The maximum atomic E-state index is 11.2. The molecule has 0 bridgehead atoms. The Kier molecular flexibility index (Phi) is 9.42. The summed E-state index contributed by atoms with van der Waals surface area (Å²) in [5.74, 6) is -0.0367. The Morgan fingerprint density at radius 1 is 1.24 bits per heavy atom. The van der Waals surface area contributed by atoms with E-state index in [1.807, 2.05) is 36.4 Å². The summed E-state index contributed by atoms with van der Waals surface area (Å²) in [6.07, 6.45) is 11.5. The van der Waals surface area contributed by atoms with E-state index in [1.165, 1.54) is 5.56 Å². The van der Waals surface area contributed by atoms with E-state index in [0.717, 1.165) is 25.7 Å². The third-order valence-electron chi connectivity index (χ3n) is 5.67. The first-order chi connectivity index (χ1) is 14.0. The fourth-order valence-electron chi connectivity index (χ4n) is 4.09. The van der Waals surface area contributed by atoms with E-state index in [-0.39, 0.29) is 5.91 Å². The SMILES string of the molecule is COC(=CCCCc1ccccc1)[C@@H]1[C@@H](O)CCC1(O)CC=CCCCC(N)=O. The van der Waals surface area contributed by atoms with Crippen LogP contribution in [0.15, 0.2) is 54.3 Å². The lowest BCUT2D eigenvalue weighted by Crippen LogP contribution is -2.38. The number of aryl methyl sites for hydroxylation is 1. The lowest BCUT2D eigenvalue weighted by Gasteiger charge is -2.31. The van der Waals surface area contributed by atoms with Crippen molar-refractivity contribution in [1.82, 2.24) is 0 Å². The summed E-state index contributed by atoms with van der Waals surface area (Å²) in [4.78, 5) is 10.8. The molecule has 0 aromatic heterocycles. The highest BCUT2D eigenvalue weighted by atomic mass is 16.5. The van der Waals surface area contributed by atoms with Gasteiger partial charge in [0.15, 0.2) is 0 Å². The second-order valence-electron chi connectivity index (χ2n) is 7.91. The molecule has 1 aliphatic rings. The van der Waals surface area contributed by atoms with Crippen molar-refractivity contribution in [3.05, 3.63) is 59.9 Å². The van der Waals surface area contributed by atoms with Crippen LogP contribution in [0.5, 0.6) is 0 Å². The predicted molar refractivity (Wildman–Crippen MR) is 115 cm³/mol. The zero-order chi connectivity index (χ0) is 21.1. The van der Waals surface area contributed by atoms with Crippen LogP contribution in [0.1, 0.15) is 56.9 Å². The number of hydrogen-bond donors (Lipinski definition) is 3. The van der Waals surface area contributed by atoms with Gasteiger partial charge in [0.2, 0.25) is 5.91 Å². The number of primary amides is 1. The minimum Gasteiger partial charge on any atom is -0.501 e. The second-order valence-corrected chi connectivity index (χ2v) is 7.91. The molecule has 3 atom stereocenters. The second kappa shape index (κ2) is 11.8. The van der Waals surface area contributed by atoms with Gasteiger partial charge in [-0.1, -0.05) is 42.5 Å². The minimum atomic E-state index is -1.01. The first-order valence-corrected chi connectivity index (χ1v) is 10.6. The molecule has 0 spiro atoms. The molecule has 1 aromatic carbocycles. The summed E-state index contributed by atoms with van der Waals surface area (Å²) >= 11 is 0. The zero-order valence-electron chi connectivity index (χ0n) is 17.4. The predicted octanol–water partition coefficient (Wildman–Crippen LogP) is 3.64. The van der Waals surface area contributed by atoms with Gasteiger partial charge in [0, 0.05) is 6.42 Å². The molecule has 2 rings (SSSR count). The van der Waals surface area contributed by atoms with Crippen molar-refractivity contribution in [2.45, 2.75) is 69.5 Å². The topological polar surface area (TPSA) is 92.8 Å². The van der Waals surface area contributed by atoms with Crippen LogP contribution in [-0.4, -0.2) is 34.9 Å². The van der Waals surface area contributed by atoms with Gasteiger partial charge in [-0.2, -0.15) is 0 Å². The van der Waals surface area contributed by atoms with Crippen LogP contribution in [0.2, 0.25) is 0 Å². The average molecular weight is 402 g/mol. The first kappa shape index (κ1) is 23.2. The number of benzene rings is 1. The number of aliphatic hydroxyl groups excluding tert-OH is 1. The summed E-state index contributed by atoms with van der Waals surface area (Å²) in [7, 11) is 1.61. The van der Waals surface area contributed by atoms with Gasteiger partial charge in [0.1, 0.15) is 5.76 Å². The maximum Gasteiger partial charge on any atom is 0.217 e. The van der Waals surface area contributed by atoms with E-state index in [0.29, 0.717) is 37.9 Å². The Morgan fingerprint density at radius 2 is 2.00 bits per heavy atom. The number of carbonyl (C=O) groups is 1. The van der Waals surface area contributed by atoms with Crippen LogP contribution in [0.4, 0.5) is 0 Å². The molecule has 1 saturated carbocycles. The van der Waals surface area contributed by atoms with Crippen molar-refractivity contribution >= 4 is 5.91 Å². The van der Waals surface area contributed by atoms with Gasteiger partial charge in [-0.3, -0.25) is 4.79 Å². The summed E-state index contributed by atoms with van der Waals surface area (Å²) in [5, 5.41) is 21.7. The van der Waals surface area contributed by atoms with Gasteiger partial charge in [-0.25, -0.2) is 0 Å². The van der Waals surface area contributed by atoms with Crippen molar-refractivity contribution in [2.24, 2.45) is 11.7 Å². The Hall–Kier alpha value is -2.11. The Balaban J connectivity index is 1.91. The number of unbranched alkanes of at least 4 members (excludes halogenated alkanes) is 2. The molecule has 5 nitrogen and oxygen atoms in total. The van der Waals surface area contributed by atoms with Crippen LogP contribution in [-0.2, 0) is 16.0 Å². The largest absolute Gasteiger partial charge is 0.501 e. The molecule has 1 amide bonds. The number of amides is 1. The lowest BCUT2D eigenvalue weighted by atomic mass is 9.84. The molecule has 0 saturated heterocycles. The smallest absolute Gasteiger partial charge is 0.217 e. The Labute approximate surface area is 174 Å². The van der Waals surface area contributed by atoms with Gasteiger partial charge in [-0.05, 0) is 63.0 Å². The van der Waals surface area contributed by atoms with Crippen LogP contribution in [0, 0.1) is 5.92 Å². The van der Waals surface area contributed by atoms with E-state index >= 15 is 0 Å². The molecule has 4 N–H and O–H groups in total. The minimum absolute atomic E-state index is 0.293. The van der Waals surface area contributed by atoms with Crippen LogP contribution in [0.25, 0.3) is 0 Å². The van der Waals surface area contributed by atoms with E-state index < -0.39 is 17.6 Å². The number of carbonyl (C=O) groups excluding carboxylic acids is 1. The van der Waals surface area contributed by atoms with Crippen molar-refractivity contribution < 1.29 is 19.7 Å². The number of ether oxygens (including phenoxy) is 1.